The summed E-state index contributed by atoms with van der Waals surface area (Å²) in [6.07, 6.45) is 1.09. The van der Waals surface area contributed by atoms with Crippen molar-refractivity contribution in [3.8, 4) is 6.07 Å². The van der Waals surface area contributed by atoms with E-state index < -0.39 is 35.8 Å². The molecule has 0 unspecified atom stereocenters. The number of hydrogen-bond acceptors (Lipinski definition) is 5. The minimum atomic E-state index is -0.744. The van der Waals surface area contributed by atoms with Crippen LogP contribution in [0.25, 0.3) is 6.08 Å². The Balaban J connectivity index is 2.34. The predicted octanol–water partition coefficient (Wildman–Crippen LogP) is 4.24. The van der Waals surface area contributed by atoms with Crippen molar-refractivity contribution in [1.82, 2.24) is 5.32 Å². The highest BCUT2D eigenvalue weighted by atomic mass is 19.1. The van der Waals surface area contributed by atoms with Crippen LogP contribution in [0.1, 0.15) is 59.6 Å². The Morgan fingerprint density at radius 3 is 2.38 bits per heavy atom. The Bertz CT molecular complexity index is 837. The van der Waals surface area contributed by atoms with E-state index >= 15 is 0 Å². The summed E-state index contributed by atoms with van der Waals surface area (Å²) in [6.45, 7) is 13.1. The highest BCUT2D eigenvalue weighted by molar-refractivity contribution is 6.56. The molecule has 0 saturated carbocycles. The van der Waals surface area contributed by atoms with Gasteiger partial charge in [0.2, 0.25) is 0 Å². The van der Waals surface area contributed by atoms with Gasteiger partial charge in [-0.3, -0.25) is 0 Å². The molecular weight excluding hydrogens is 374 g/mol. The Hall–Kier alpha value is -2.37. The average molecular weight is 402 g/mol. The molecule has 0 bridgehead atoms. The average Bonchev–Trinajstić information content (AvgIpc) is 2.78. The summed E-state index contributed by atoms with van der Waals surface area (Å²) in [5, 5.41) is 12.0. The first kappa shape index (κ1) is 22.9. The van der Waals surface area contributed by atoms with Gasteiger partial charge in [-0.15, -0.1) is 0 Å². The molecule has 0 atom stereocenters. The van der Waals surface area contributed by atoms with Crippen molar-refractivity contribution in [2.24, 2.45) is 0 Å². The summed E-state index contributed by atoms with van der Waals surface area (Å²) in [5.41, 5.74) is -0.533. The fourth-order valence-corrected chi connectivity index (χ4v) is 2.64. The molecule has 1 aliphatic rings. The number of nitrogens with zero attached hydrogens (tertiary/aromatic N) is 1. The Morgan fingerprint density at radius 1 is 1.28 bits per heavy atom. The number of ether oxygens (including phenoxy) is 1. The zero-order valence-electron chi connectivity index (χ0n) is 18.1. The van der Waals surface area contributed by atoms with Gasteiger partial charge in [0, 0.05) is 6.54 Å². The zero-order valence-corrected chi connectivity index (χ0v) is 18.1. The summed E-state index contributed by atoms with van der Waals surface area (Å²) in [4.78, 5) is 12.1. The molecule has 0 radical (unpaired) electrons. The van der Waals surface area contributed by atoms with Gasteiger partial charge in [-0.25, -0.2) is 9.18 Å². The van der Waals surface area contributed by atoms with E-state index in [1.807, 2.05) is 33.8 Å². The molecule has 0 aliphatic carbocycles. The zero-order chi connectivity index (χ0) is 22.0. The van der Waals surface area contributed by atoms with Crippen LogP contribution < -0.4 is 5.32 Å². The van der Waals surface area contributed by atoms with Crippen LogP contribution >= 0.6 is 0 Å². The summed E-state index contributed by atoms with van der Waals surface area (Å²) in [7, 11) is -0.744. The van der Waals surface area contributed by atoms with Gasteiger partial charge >= 0.3 is 13.2 Å². The molecule has 1 aromatic carbocycles. The Kier molecular flexibility index (Phi) is 6.46. The molecule has 1 fully saturated rings. The third-order valence-electron chi connectivity index (χ3n) is 4.87. The molecule has 8 heteroatoms. The molecule has 1 aromatic rings. The van der Waals surface area contributed by atoms with Gasteiger partial charge in [-0.2, -0.15) is 5.26 Å². The highest BCUT2D eigenvalue weighted by Crippen LogP contribution is 2.38. The molecule has 0 aromatic heterocycles. The van der Waals surface area contributed by atoms with Gasteiger partial charge in [0.25, 0.3) is 0 Å². The SMILES string of the molecule is CC(C)(C)OC(=O)NCC(=Cc1ccc(F)cc1C#N)B1OC(C)(C)C(C)(C)O1. The van der Waals surface area contributed by atoms with Gasteiger partial charge in [0.15, 0.2) is 0 Å². The van der Waals surface area contributed by atoms with Crippen molar-refractivity contribution in [1.29, 1.82) is 5.26 Å². The lowest BCUT2D eigenvalue weighted by Gasteiger charge is -2.32. The second-order valence-electron chi connectivity index (χ2n) is 9.01. The number of halogens is 1. The lowest BCUT2D eigenvalue weighted by Crippen LogP contribution is -2.41. The number of benzene rings is 1. The smallest absolute Gasteiger partial charge is 0.444 e. The van der Waals surface area contributed by atoms with Crippen LogP contribution in [0, 0.1) is 17.1 Å². The number of nitrogens with one attached hydrogen (secondary N) is 1. The third kappa shape index (κ3) is 5.81. The predicted molar refractivity (Wildman–Crippen MR) is 109 cm³/mol. The largest absolute Gasteiger partial charge is 0.492 e. The van der Waals surface area contributed by atoms with E-state index in [-0.39, 0.29) is 12.1 Å². The maximum Gasteiger partial charge on any atom is 0.492 e. The number of amides is 1. The Labute approximate surface area is 172 Å². The summed E-state index contributed by atoms with van der Waals surface area (Å²) < 4.78 is 31.0. The van der Waals surface area contributed by atoms with Gasteiger partial charge in [-0.05, 0) is 71.6 Å². The first-order valence-corrected chi connectivity index (χ1v) is 9.47. The maximum absolute atomic E-state index is 13.5. The molecule has 1 N–H and O–H groups in total. The number of rotatable bonds is 4. The lowest BCUT2D eigenvalue weighted by molar-refractivity contribution is 0.00578. The second-order valence-corrected chi connectivity index (χ2v) is 9.01. The monoisotopic (exact) mass is 402 g/mol. The topological polar surface area (TPSA) is 80.6 Å². The van der Waals surface area contributed by atoms with Crippen LogP contribution in [0.2, 0.25) is 0 Å². The van der Waals surface area contributed by atoms with Gasteiger partial charge in [-0.1, -0.05) is 12.1 Å². The highest BCUT2D eigenvalue weighted by Gasteiger charge is 2.52. The van der Waals surface area contributed by atoms with Gasteiger partial charge < -0.3 is 19.4 Å². The molecule has 1 aliphatic heterocycles. The van der Waals surface area contributed by atoms with E-state index in [4.69, 9.17) is 14.0 Å². The third-order valence-corrected chi connectivity index (χ3v) is 4.87. The molecule has 1 amide bonds. The quantitative estimate of drug-likeness (QED) is 0.763. The lowest BCUT2D eigenvalue weighted by atomic mass is 9.76. The van der Waals surface area contributed by atoms with Crippen molar-refractivity contribution in [2.75, 3.05) is 6.54 Å². The van der Waals surface area contributed by atoms with Gasteiger partial charge in [0.05, 0.1) is 22.8 Å². The summed E-state index contributed by atoms with van der Waals surface area (Å²) in [5.74, 6) is -0.497. The standard InChI is InChI=1S/C21H28BFN2O4/c1-19(2,3)27-18(26)25-13-16(22-28-20(4,5)21(6,7)29-22)10-14-8-9-17(23)11-15(14)12-24/h8-11H,13H2,1-7H3,(H,25,26). The molecule has 1 saturated heterocycles. The van der Waals surface area contributed by atoms with Crippen LogP contribution in [-0.2, 0) is 14.0 Å². The van der Waals surface area contributed by atoms with Crippen molar-refractivity contribution in [2.45, 2.75) is 65.3 Å². The molecule has 6 nitrogen and oxygen atoms in total. The van der Waals surface area contributed by atoms with E-state index in [0.29, 0.717) is 11.0 Å². The van der Waals surface area contributed by atoms with Crippen LogP contribution in [0.3, 0.4) is 0 Å². The number of carbonyl (C=O) groups excluding carboxylic acids is 1. The number of nitriles is 1. The molecular formula is C21H28BFN2O4. The number of hydrogen-bond donors (Lipinski definition) is 1. The van der Waals surface area contributed by atoms with Crippen molar-refractivity contribution in [3.63, 3.8) is 0 Å². The van der Waals surface area contributed by atoms with Crippen LogP contribution in [0.4, 0.5) is 9.18 Å². The first-order valence-electron chi connectivity index (χ1n) is 9.47. The number of carbonyl (C=O) groups is 1. The fraction of sp³-hybridized carbons (Fsp3) is 0.524. The minimum absolute atomic E-state index is 0.0774. The van der Waals surface area contributed by atoms with Crippen LogP contribution in [0.15, 0.2) is 23.7 Å². The van der Waals surface area contributed by atoms with Crippen molar-refractivity contribution in [3.05, 3.63) is 40.6 Å². The molecule has 0 spiro atoms. The molecule has 1 heterocycles. The van der Waals surface area contributed by atoms with Crippen molar-refractivity contribution < 1.29 is 23.2 Å². The van der Waals surface area contributed by atoms with E-state index in [0.717, 1.165) is 6.07 Å². The van der Waals surface area contributed by atoms with E-state index in [1.54, 1.807) is 26.8 Å². The maximum atomic E-state index is 13.5. The molecule has 29 heavy (non-hydrogen) atoms. The van der Waals surface area contributed by atoms with Crippen molar-refractivity contribution >= 4 is 19.3 Å². The second kappa shape index (κ2) is 8.17. The van der Waals surface area contributed by atoms with Crippen LogP contribution in [0.5, 0.6) is 0 Å². The normalized spacial score (nSPS) is 18.3. The fourth-order valence-electron chi connectivity index (χ4n) is 2.64. The Morgan fingerprint density at radius 2 is 1.86 bits per heavy atom. The number of alkyl carbamates (subject to hydrolysis) is 1. The van der Waals surface area contributed by atoms with Crippen LogP contribution in [-0.4, -0.2) is 36.6 Å². The summed E-state index contributed by atoms with van der Waals surface area (Å²) >= 11 is 0. The molecule has 2 rings (SSSR count). The minimum Gasteiger partial charge on any atom is -0.444 e. The summed E-state index contributed by atoms with van der Waals surface area (Å²) in [6, 6.07) is 5.92. The van der Waals surface area contributed by atoms with Gasteiger partial charge in [0.1, 0.15) is 11.4 Å². The van der Waals surface area contributed by atoms with E-state index in [1.165, 1.54) is 12.1 Å². The van der Waals surface area contributed by atoms with E-state index in [2.05, 4.69) is 5.32 Å². The van der Waals surface area contributed by atoms with E-state index in [9.17, 15) is 14.4 Å². The molecule has 156 valence electrons. The first-order chi connectivity index (χ1) is 13.2.